The fourth-order valence-electron chi connectivity index (χ4n) is 6.89. The molecular formula is C36H38F2N8O4. The van der Waals surface area contributed by atoms with Gasteiger partial charge >= 0.3 is 6.09 Å². The van der Waals surface area contributed by atoms with Crippen LogP contribution in [-0.2, 0) is 11.2 Å². The summed E-state index contributed by atoms with van der Waals surface area (Å²) in [6, 6.07) is 9.31. The van der Waals surface area contributed by atoms with Crippen LogP contribution in [-0.4, -0.2) is 85.6 Å². The Labute approximate surface area is 287 Å². The van der Waals surface area contributed by atoms with E-state index in [1.165, 1.54) is 18.3 Å². The minimum atomic E-state index is -1.07. The van der Waals surface area contributed by atoms with Crippen molar-refractivity contribution in [3.8, 4) is 22.6 Å². The average Bonchev–Trinajstić information content (AvgIpc) is 3.74. The highest BCUT2D eigenvalue weighted by Gasteiger charge is 2.27. The molecule has 2 aliphatic heterocycles. The molecule has 3 aromatic heterocycles. The van der Waals surface area contributed by atoms with Crippen molar-refractivity contribution in [1.82, 2.24) is 34.9 Å². The zero-order valence-electron chi connectivity index (χ0n) is 27.8. The fraction of sp³-hybridized carbons (Fsp3) is 0.361. The number of fused-ring (bicyclic) bond motifs is 1. The van der Waals surface area contributed by atoms with E-state index >= 15 is 0 Å². The Morgan fingerprint density at radius 2 is 1.90 bits per heavy atom. The van der Waals surface area contributed by atoms with E-state index in [1.54, 1.807) is 22.2 Å². The first-order valence-corrected chi connectivity index (χ1v) is 16.8. The Bertz CT molecular complexity index is 2050. The number of carbonyl (C=O) groups excluding carboxylic acids is 1. The molecule has 5 aromatic rings. The van der Waals surface area contributed by atoms with Gasteiger partial charge in [-0.15, -0.1) is 0 Å². The molecule has 12 nitrogen and oxygen atoms in total. The van der Waals surface area contributed by atoms with Crippen molar-refractivity contribution in [2.75, 3.05) is 37.7 Å². The monoisotopic (exact) mass is 684 g/mol. The van der Waals surface area contributed by atoms with Gasteiger partial charge in [0.15, 0.2) is 12.1 Å². The molecule has 0 radical (unpaired) electrons. The summed E-state index contributed by atoms with van der Waals surface area (Å²) >= 11 is 0. The molecule has 5 heterocycles. The SMILES string of the molecule is Cc1c(CC(C)NC(=O)O)cncc1-c1ccc2c(c1)c(-c1ncc(C(=O)N3CCN(c4ccc(F)cc4F)CC3)[nH]1)nn2C1CCCCO1. The van der Waals surface area contributed by atoms with Crippen LogP contribution in [0.3, 0.4) is 0 Å². The van der Waals surface area contributed by atoms with Crippen molar-refractivity contribution in [2.45, 2.75) is 51.8 Å². The molecule has 2 unspecified atom stereocenters. The lowest BCUT2D eigenvalue weighted by Crippen LogP contribution is -2.49. The maximum Gasteiger partial charge on any atom is 0.404 e. The molecule has 2 aromatic carbocycles. The average molecular weight is 685 g/mol. The van der Waals surface area contributed by atoms with E-state index in [1.807, 2.05) is 36.7 Å². The van der Waals surface area contributed by atoms with Gasteiger partial charge in [0, 0.05) is 68.2 Å². The molecule has 2 atom stereocenters. The first kappa shape index (κ1) is 33.1. The van der Waals surface area contributed by atoms with Gasteiger partial charge in [-0.2, -0.15) is 5.10 Å². The van der Waals surface area contributed by atoms with Crippen molar-refractivity contribution < 1.29 is 28.2 Å². The van der Waals surface area contributed by atoms with Gasteiger partial charge in [-0.1, -0.05) is 6.07 Å². The molecule has 2 amide bonds. The first-order chi connectivity index (χ1) is 24.2. The highest BCUT2D eigenvalue weighted by Crippen LogP contribution is 2.36. The van der Waals surface area contributed by atoms with E-state index < -0.39 is 17.7 Å². The number of halogens is 2. The van der Waals surface area contributed by atoms with E-state index in [0.29, 0.717) is 62.1 Å². The quantitative estimate of drug-likeness (QED) is 0.183. The number of amides is 2. The molecule has 2 saturated heterocycles. The molecule has 260 valence electrons. The molecule has 14 heteroatoms. The number of imidazole rings is 1. The minimum Gasteiger partial charge on any atom is -0.465 e. The van der Waals surface area contributed by atoms with Crippen LogP contribution in [0, 0.1) is 18.6 Å². The van der Waals surface area contributed by atoms with Gasteiger partial charge in [0.25, 0.3) is 5.91 Å². The lowest BCUT2D eigenvalue weighted by Gasteiger charge is -2.36. The van der Waals surface area contributed by atoms with Crippen LogP contribution in [0.2, 0.25) is 0 Å². The minimum absolute atomic E-state index is 0.229. The summed E-state index contributed by atoms with van der Waals surface area (Å²) in [6.07, 6.45) is 7.10. The lowest BCUT2D eigenvalue weighted by molar-refractivity contribution is -0.0365. The highest BCUT2D eigenvalue weighted by molar-refractivity contribution is 5.97. The van der Waals surface area contributed by atoms with Gasteiger partial charge in [0.2, 0.25) is 0 Å². The molecule has 7 rings (SSSR count). The molecule has 3 N–H and O–H groups in total. The number of benzene rings is 2. The number of pyridine rings is 1. The predicted molar refractivity (Wildman–Crippen MR) is 183 cm³/mol. The third-order valence-corrected chi connectivity index (χ3v) is 9.51. The smallest absolute Gasteiger partial charge is 0.404 e. The summed E-state index contributed by atoms with van der Waals surface area (Å²) in [5.74, 6) is -1.05. The fourth-order valence-corrected chi connectivity index (χ4v) is 6.89. The normalized spacial score (nSPS) is 17.2. The molecule has 2 aliphatic rings. The number of anilines is 1. The number of nitrogens with one attached hydrogen (secondary N) is 2. The van der Waals surface area contributed by atoms with E-state index in [2.05, 4.69) is 20.3 Å². The number of hydrogen-bond donors (Lipinski definition) is 3. The highest BCUT2D eigenvalue weighted by atomic mass is 19.1. The summed E-state index contributed by atoms with van der Waals surface area (Å²) in [4.78, 5) is 40.5. The molecule has 50 heavy (non-hydrogen) atoms. The zero-order valence-corrected chi connectivity index (χ0v) is 27.8. The summed E-state index contributed by atoms with van der Waals surface area (Å²) in [5, 5.41) is 17.5. The maximum atomic E-state index is 14.4. The second-order valence-corrected chi connectivity index (χ2v) is 12.9. The standard InChI is InChI=1S/C36H38F2N8O4/c1-21(41-36(48)49)15-24-18-39-19-27(22(24)2)23-6-8-30-26(16-23)33(43-46(30)32-5-3-4-14-50-32)34-40-20-29(42-34)35(47)45-12-10-44(11-13-45)31-9-7-25(37)17-28(31)38/h6-9,16-21,32,41H,3-5,10-15H2,1-2H3,(H,40,42)(H,48,49). The van der Waals surface area contributed by atoms with E-state index in [4.69, 9.17) is 14.9 Å². The van der Waals surface area contributed by atoms with Crippen LogP contribution in [0.5, 0.6) is 0 Å². The molecule has 0 saturated carbocycles. The number of aromatic nitrogens is 5. The summed E-state index contributed by atoms with van der Waals surface area (Å²) in [7, 11) is 0. The number of carboxylic acid groups (broad SMARTS) is 1. The zero-order chi connectivity index (χ0) is 34.9. The Balaban J connectivity index is 1.18. The van der Waals surface area contributed by atoms with Crippen LogP contribution >= 0.6 is 0 Å². The maximum absolute atomic E-state index is 14.4. The van der Waals surface area contributed by atoms with Crippen molar-refractivity contribution in [1.29, 1.82) is 0 Å². The largest absolute Gasteiger partial charge is 0.465 e. The lowest BCUT2D eigenvalue weighted by atomic mass is 9.95. The number of piperazine rings is 1. The van der Waals surface area contributed by atoms with Crippen molar-refractivity contribution in [2.24, 2.45) is 0 Å². The molecule has 2 fully saturated rings. The van der Waals surface area contributed by atoms with Gasteiger partial charge in [0.1, 0.15) is 23.0 Å². The third-order valence-electron chi connectivity index (χ3n) is 9.51. The van der Waals surface area contributed by atoms with Gasteiger partial charge < -0.3 is 29.9 Å². The molecular weight excluding hydrogens is 646 g/mol. The number of aromatic amines is 1. The van der Waals surface area contributed by atoms with Crippen LogP contribution in [0.1, 0.15) is 54.0 Å². The Morgan fingerprint density at radius 3 is 2.64 bits per heavy atom. The molecule has 0 spiro atoms. The number of ether oxygens (including phenoxy) is 1. The predicted octanol–water partition coefficient (Wildman–Crippen LogP) is 5.94. The summed E-state index contributed by atoms with van der Waals surface area (Å²) in [6.45, 7) is 6.00. The summed E-state index contributed by atoms with van der Waals surface area (Å²) < 4.78 is 35.8. The number of rotatable bonds is 8. The van der Waals surface area contributed by atoms with E-state index in [-0.39, 0.29) is 18.2 Å². The van der Waals surface area contributed by atoms with Crippen LogP contribution < -0.4 is 10.2 Å². The van der Waals surface area contributed by atoms with Crippen molar-refractivity contribution >= 4 is 28.6 Å². The van der Waals surface area contributed by atoms with Crippen LogP contribution in [0.4, 0.5) is 19.3 Å². The Hall–Kier alpha value is -5.37. The number of hydrogen-bond acceptors (Lipinski definition) is 7. The van der Waals surface area contributed by atoms with Gasteiger partial charge in [0.05, 0.1) is 17.4 Å². The van der Waals surface area contributed by atoms with E-state index in [0.717, 1.165) is 58.5 Å². The molecule has 0 aliphatic carbocycles. The second kappa shape index (κ2) is 13.9. The second-order valence-electron chi connectivity index (χ2n) is 12.9. The Kier molecular flexibility index (Phi) is 9.19. The van der Waals surface area contributed by atoms with Gasteiger partial charge in [-0.25, -0.2) is 23.2 Å². The Morgan fingerprint density at radius 1 is 1.08 bits per heavy atom. The van der Waals surface area contributed by atoms with Gasteiger partial charge in [-0.3, -0.25) is 9.78 Å². The topological polar surface area (TPSA) is 141 Å². The van der Waals surface area contributed by atoms with Crippen molar-refractivity contribution in [3.05, 3.63) is 83.4 Å². The van der Waals surface area contributed by atoms with Crippen LogP contribution in [0.15, 0.2) is 55.0 Å². The number of nitrogens with zero attached hydrogens (tertiary/aromatic N) is 6. The van der Waals surface area contributed by atoms with Gasteiger partial charge in [-0.05, 0) is 80.5 Å². The third kappa shape index (κ3) is 6.62. The summed E-state index contributed by atoms with van der Waals surface area (Å²) in [5.41, 5.74) is 5.82. The number of H-pyrrole nitrogens is 1. The first-order valence-electron chi connectivity index (χ1n) is 16.8. The van der Waals surface area contributed by atoms with E-state index in [9.17, 15) is 18.4 Å². The van der Waals surface area contributed by atoms with Crippen molar-refractivity contribution in [3.63, 3.8) is 0 Å². The molecule has 0 bridgehead atoms. The number of carbonyl (C=O) groups is 2. The van der Waals surface area contributed by atoms with Crippen LogP contribution in [0.25, 0.3) is 33.5 Å².